The Morgan fingerprint density at radius 3 is 2.57 bits per heavy atom. The summed E-state index contributed by atoms with van der Waals surface area (Å²) in [6, 6.07) is 0. The van der Waals surface area contributed by atoms with Crippen LogP contribution in [0.4, 0.5) is 0 Å². The molecule has 1 aliphatic rings. The van der Waals surface area contributed by atoms with Gasteiger partial charge in [-0.15, -0.1) is 0 Å². The second-order valence-electron chi connectivity index (χ2n) is 5.04. The molecule has 1 rings (SSSR count). The topological polar surface area (TPSA) is 46.2 Å². The number of rotatable bonds is 3. The van der Waals surface area contributed by atoms with Crippen LogP contribution in [-0.4, -0.2) is 27.8 Å². The molecular formula is C11H23NOS. The Kier molecular flexibility index (Phi) is 4.74. The fourth-order valence-corrected chi connectivity index (χ4v) is 3.11. The molecule has 3 heteroatoms. The molecule has 0 aromatic heterocycles. The molecule has 0 saturated heterocycles. The van der Waals surface area contributed by atoms with E-state index in [4.69, 9.17) is 5.73 Å². The minimum absolute atomic E-state index is 0.107. The minimum atomic E-state index is -0.114. The first kappa shape index (κ1) is 12.3. The molecule has 0 aliphatic heterocycles. The first-order valence-electron chi connectivity index (χ1n) is 5.57. The summed E-state index contributed by atoms with van der Waals surface area (Å²) in [5.41, 5.74) is 5.82. The Hall–Kier alpha value is 0.270. The zero-order chi connectivity index (χ0) is 10.6. The summed E-state index contributed by atoms with van der Waals surface area (Å²) in [5, 5.41) is 10.3. The average molecular weight is 217 g/mol. The number of nitrogens with two attached hydrogens (primary N) is 1. The molecule has 2 unspecified atom stereocenters. The van der Waals surface area contributed by atoms with E-state index in [2.05, 4.69) is 0 Å². The third-order valence-electron chi connectivity index (χ3n) is 2.59. The van der Waals surface area contributed by atoms with E-state index in [1.54, 1.807) is 0 Å². The number of hydrogen-bond acceptors (Lipinski definition) is 3. The molecule has 3 N–H and O–H groups in total. The molecule has 1 fully saturated rings. The SMILES string of the molecule is CC(C)(N)CSC1CCCCCC1O. The van der Waals surface area contributed by atoms with E-state index in [9.17, 15) is 5.11 Å². The van der Waals surface area contributed by atoms with E-state index in [0.717, 1.165) is 18.6 Å². The number of aliphatic hydroxyl groups excluding tert-OH is 1. The standard InChI is InChI=1S/C11H23NOS/c1-11(2,12)8-14-10-7-5-3-4-6-9(10)13/h9-10,13H,3-8,12H2,1-2H3. The molecule has 2 nitrogen and oxygen atoms in total. The van der Waals surface area contributed by atoms with Crippen molar-refractivity contribution < 1.29 is 5.11 Å². The summed E-state index contributed by atoms with van der Waals surface area (Å²) in [6.07, 6.45) is 5.75. The van der Waals surface area contributed by atoms with Gasteiger partial charge in [-0.1, -0.05) is 19.3 Å². The third kappa shape index (κ3) is 4.67. The predicted molar refractivity (Wildman–Crippen MR) is 63.6 cm³/mol. The molecular weight excluding hydrogens is 194 g/mol. The molecule has 0 bridgehead atoms. The summed E-state index contributed by atoms with van der Waals surface area (Å²) < 4.78 is 0. The fourth-order valence-electron chi connectivity index (χ4n) is 1.77. The van der Waals surface area contributed by atoms with E-state index in [1.807, 2.05) is 25.6 Å². The number of thioether (sulfide) groups is 1. The van der Waals surface area contributed by atoms with E-state index in [-0.39, 0.29) is 11.6 Å². The molecule has 0 amide bonds. The molecule has 0 aromatic carbocycles. The van der Waals surface area contributed by atoms with Crippen molar-refractivity contribution in [3.63, 3.8) is 0 Å². The van der Waals surface area contributed by atoms with Gasteiger partial charge in [0.25, 0.3) is 0 Å². The van der Waals surface area contributed by atoms with E-state index < -0.39 is 0 Å². The van der Waals surface area contributed by atoms with Crippen molar-refractivity contribution in [2.24, 2.45) is 5.73 Å². The van der Waals surface area contributed by atoms with Gasteiger partial charge >= 0.3 is 0 Å². The van der Waals surface area contributed by atoms with Crippen molar-refractivity contribution in [2.45, 2.75) is 62.8 Å². The highest BCUT2D eigenvalue weighted by atomic mass is 32.2. The third-order valence-corrected chi connectivity index (χ3v) is 4.48. The van der Waals surface area contributed by atoms with Crippen molar-refractivity contribution >= 4 is 11.8 Å². The highest BCUT2D eigenvalue weighted by Gasteiger charge is 2.23. The van der Waals surface area contributed by atoms with Gasteiger partial charge in [-0.3, -0.25) is 0 Å². The Morgan fingerprint density at radius 1 is 1.29 bits per heavy atom. The van der Waals surface area contributed by atoms with Gasteiger partial charge in [0, 0.05) is 16.5 Å². The van der Waals surface area contributed by atoms with Gasteiger partial charge in [0.2, 0.25) is 0 Å². The van der Waals surface area contributed by atoms with Crippen LogP contribution in [-0.2, 0) is 0 Å². The largest absolute Gasteiger partial charge is 0.392 e. The Balaban J connectivity index is 2.33. The van der Waals surface area contributed by atoms with Gasteiger partial charge in [-0.2, -0.15) is 11.8 Å². The molecule has 84 valence electrons. The molecule has 0 spiro atoms. The van der Waals surface area contributed by atoms with Crippen molar-refractivity contribution in [2.75, 3.05) is 5.75 Å². The maximum Gasteiger partial charge on any atom is 0.0658 e. The first-order chi connectivity index (χ1) is 6.49. The molecule has 14 heavy (non-hydrogen) atoms. The van der Waals surface area contributed by atoms with Crippen LogP contribution in [0.15, 0.2) is 0 Å². The number of hydrogen-bond donors (Lipinski definition) is 2. The summed E-state index contributed by atoms with van der Waals surface area (Å²) in [6.45, 7) is 4.09. The molecule has 1 aliphatic carbocycles. The van der Waals surface area contributed by atoms with E-state index >= 15 is 0 Å². The van der Waals surface area contributed by atoms with Gasteiger partial charge in [-0.25, -0.2) is 0 Å². The fraction of sp³-hybridized carbons (Fsp3) is 1.00. The highest BCUT2D eigenvalue weighted by molar-refractivity contribution is 8.00. The number of aliphatic hydroxyl groups is 1. The van der Waals surface area contributed by atoms with Gasteiger partial charge in [0.1, 0.15) is 0 Å². The van der Waals surface area contributed by atoms with Crippen molar-refractivity contribution in [3.8, 4) is 0 Å². The lowest BCUT2D eigenvalue weighted by Gasteiger charge is -2.24. The maximum absolute atomic E-state index is 9.88. The van der Waals surface area contributed by atoms with Crippen LogP contribution in [0.25, 0.3) is 0 Å². The predicted octanol–water partition coefficient (Wildman–Crippen LogP) is 2.15. The van der Waals surface area contributed by atoms with E-state index in [1.165, 1.54) is 19.3 Å². The van der Waals surface area contributed by atoms with Crippen LogP contribution in [0.2, 0.25) is 0 Å². The molecule has 1 saturated carbocycles. The van der Waals surface area contributed by atoms with Crippen LogP contribution in [0.3, 0.4) is 0 Å². The summed E-state index contributed by atoms with van der Waals surface area (Å²) in [7, 11) is 0. The van der Waals surface area contributed by atoms with Crippen LogP contribution in [0.5, 0.6) is 0 Å². The van der Waals surface area contributed by atoms with Crippen LogP contribution in [0, 0.1) is 0 Å². The lowest BCUT2D eigenvalue weighted by atomic mass is 10.1. The average Bonchev–Trinajstić information content (AvgIpc) is 2.25. The normalized spacial score (nSPS) is 30.0. The molecule has 0 aromatic rings. The zero-order valence-electron chi connectivity index (χ0n) is 9.33. The van der Waals surface area contributed by atoms with Crippen molar-refractivity contribution in [1.29, 1.82) is 0 Å². The summed E-state index contributed by atoms with van der Waals surface area (Å²) in [5.74, 6) is 0.939. The second-order valence-corrected chi connectivity index (χ2v) is 6.27. The van der Waals surface area contributed by atoms with Gasteiger partial charge in [0.15, 0.2) is 0 Å². The first-order valence-corrected chi connectivity index (χ1v) is 6.62. The maximum atomic E-state index is 9.88. The minimum Gasteiger partial charge on any atom is -0.392 e. The lowest BCUT2D eigenvalue weighted by Crippen LogP contribution is -2.36. The van der Waals surface area contributed by atoms with Crippen LogP contribution in [0.1, 0.15) is 46.0 Å². The van der Waals surface area contributed by atoms with Gasteiger partial charge < -0.3 is 10.8 Å². The highest BCUT2D eigenvalue weighted by Crippen LogP contribution is 2.29. The van der Waals surface area contributed by atoms with Crippen LogP contribution < -0.4 is 5.73 Å². The summed E-state index contributed by atoms with van der Waals surface area (Å²) >= 11 is 1.85. The molecule has 0 radical (unpaired) electrons. The van der Waals surface area contributed by atoms with Gasteiger partial charge in [0.05, 0.1) is 6.10 Å². The molecule has 0 heterocycles. The molecule has 2 atom stereocenters. The smallest absolute Gasteiger partial charge is 0.0658 e. The second kappa shape index (κ2) is 5.38. The Labute approximate surface area is 91.6 Å². The summed E-state index contributed by atoms with van der Waals surface area (Å²) in [4.78, 5) is 0. The monoisotopic (exact) mass is 217 g/mol. The van der Waals surface area contributed by atoms with Crippen LogP contribution >= 0.6 is 11.8 Å². The van der Waals surface area contributed by atoms with Crippen molar-refractivity contribution in [3.05, 3.63) is 0 Å². The zero-order valence-corrected chi connectivity index (χ0v) is 10.1. The lowest BCUT2D eigenvalue weighted by molar-refractivity contribution is 0.163. The quantitative estimate of drug-likeness (QED) is 0.712. The Bertz CT molecular complexity index is 167. The van der Waals surface area contributed by atoms with Crippen molar-refractivity contribution in [1.82, 2.24) is 0 Å². The van der Waals surface area contributed by atoms with E-state index in [0.29, 0.717) is 5.25 Å². The Morgan fingerprint density at radius 2 is 1.93 bits per heavy atom. The van der Waals surface area contributed by atoms with Gasteiger partial charge in [-0.05, 0) is 26.7 Å².